The average molecular weight is 369 g/mol. The smallest absolute Gasteiger partial charge is 0.101 e. The van der Waals surface area contributed by atoms with Crippen LogP contribution in [-0.2, 0) is 9.47 Å². The Bertz CT molecular complexity index is 288. The lowest BCUT2D eigenvalue weighted by molar-refractivity contribution is -0.0167. The van der Waals surface area contributed by atoms with E-state index in [9.17, 15) is 0 Å². The second-order valence-corrected chi connectivity index (χ2v) is 7.70. The number of rotatable bonds is 20. The van der Waals surface area contributed by atoms with Crippen molar-refractivity contribution >= 4 is 0 Å². The number of unbranched alkanes of at least 4 members (excludes halogenated alkanes) is 13. The standard InChI is InChI=1S/C24H48O2/c1-5-7-9-10-11-12-13-14-15-16-17-18-19-20-22-24(26-4)23(25-3)21-8-6-2/h8,21,23-24H,5-7,9-20,22H2,1-4H3. The molecule has 0 rings (SSSR count). The van der Waals surface area contributed by atoms with Crippen molar-refractivity contribution in [2.75, 3.05) is 14.2 Å². The SMILES string of the molecule is CCC=CC(OC)C(CCCCCCCCCCCCCCCC)OC. The minimum atomic E-state index is 0.0990. The van der Waals surface area contributed by atoms with Gasteiger partial charge in [0.05, 0.1) is 6.10 Å². The fraction of sp³-hybridized carbons (Fsp3) is 0.917. The molecule has 0 aromatic heterocycles. The molecule has 0 aliphatic rings. The van der Waals surface area contributed by atoms with Crippen molar-refractivity contribution in [2.24, 2.45) is 0 Å². The quantitative estimate of drug-likeness (QED) is 0.161. The average Bonchev–Trinajstić information content (AvgIpc) is 2.66. The summed E-state index contributed by atoms with van der Waals surface area (Å²) in [6.07, 6.45) is 26.4. The summed E-state index contributed by atoms with van der Waals surface area (Å²) in [4.78, 5) is 0. The third kappa shape index (κ3) is 15.9. The first kappa shape index (κ1) is 25.7. The van der Waals surface area contributed by atoms with Gasteiger partial charge in [-0.1, -0.05) is 116 Å². The van der Waals surface area contributed by atoms with Crippen molar-refractivity contribution in [1.82, 2.24) is 0 Å². The molecule has 0 N–H and O–H groups in total. The maximum absolute atomic E-state index is 5.64. The van der Waals surface area contributed by atoms with Gasteiger partial charge in [-0.15, -0.1) is 0 Å². The number of hydrogen-bond donors (Lipinski definition) is 0. The van der Waals surface area contributed by atoms with Crippen LogP contribution in [-0.4, -0.2) is 26.4 Å². The lowest BCUT2D eigenvalue weighted by Gasteiger charge is -2.22. The molecule has 26 heavy (non-hydrogen) atoms. The van der Waals surface area contributed by atoms with Crippen molar-refractivity contribution in [3.05, 3.63) is 12.2 Å². The van der Waals surface area contributed by atoms with Crippen LogP contribution in [0.1, 0.15) is 117 Å². The van der Waals surface area contributed by atoms with E-state index in [1.807, 2.05) is 0 Å². The Balaban J connectivity index is 3.44. The highest BCUT2D eigenvalue weighted by Crippen LogP contribution is 2.16. The molecule has 0 amide bonds. The Morgan fingerprint density at radius 3 is 1.46 bits per heavy atom. The van der Waals surface area contributed by atoms with Crippen molar-refractivity contribution in [1.29, 1.82) is 0 Å². The summed E-state index contributed by atoms with van der Waals surface area (Å²) in [7, 11) is 3.59. The minimum absolute atomic E-state index is 0.0990. The third-order valence-electron chi connectivity index (χ3n) is 5.35. The second kappa shape index (κ2) is 21.0. The topological polar surface area (TPSA) is 18.5 Å². The Hall–Kier alpha value is -0.340. The predicted molar refractivity (Wildman–Crippen MR) is 116 cm³/mol. The highest BCUT2D eigenvalue weighted by Gasteiger charge is 2.17. The van der Waals surface area contributed by atoms with Crippen LogP contribution >= 0.6 is 0 Å². The Kier molecular flexibility index (Phi) is 20.7. The van der Waals surface area contributed by atoms with Crippen molar-refractivity contribution < 1.29 is 9.47 Å². The Morgan fingerprint density at radius 1 is 0.615 bits per heavy atom. The third-order valence-corrected chi connectivity index (χ3v) is 5.35. The fourth-order valence-electron chi connectivity index (χ4n) is 3.58. The van der Waals surface area contributed by atoms with Gasteiger partial charge in [0.1, 0.15) is 6.10 Å². The lowest BCUT2D eigenvalue weighted by Crippen LogP contribution is -2.28. The zero-order valence-corrected chi connectivity index (χ0v) is 18.4. The van der Waals surface area contributed by atoms with Crippen LogP contribution in [0, 0.1) is 0 Å². The first-order valence-corrected chi connectivity index (χ1v) is 11.5. The summed E-state index contributed by atoms with van der Waals surface area (Å²) in [5.74, 6) is 0. The number of ether oxygens (including phenoxy) is 2. The van der Waals surface area contributed by atoms with Gasteiger partial charge in [0.2, 0.25) is 0 Å². The molecule has 0 aromatic carbocycles. The molecule has 0 aliphatic carbocycles. The van der Waals surface area contributed by atoms with E-state index in [4.69, 9.17) is 9.47 Å². The minimum Gasteiger partial charge on any atom is -0.378 e. The monoisotopic (exact) mass is 368 g/mol. The summed E-state index contributed by atoms with van der Waals surface area (Å²) >= 11 is 0. The molecule has 2 unspecified atom stereocenters. The van der Waals surface area contributed by atoms with Gasteiger partial charge in [0, 0.05) is 14.2 Å². The van der Waals surface area contributed by atoms with Crippen molar-refractivity contribution in [3.63, 3.8) is 0 Å². The molecule has 0 aromatic rings. The zero-order valence-electron chi connectivity index (χ0n) is 18.4. The molecule has 0 fully saturated rings. The van der Waals surface area contributed by atoms with Gasteiger partial charge < -0.3 is 9.47 Å². The molecule has 0 spiro atoms. The highest BCUT2D eigenvalue weighted by molar-refractivity contribution is 4.93. The van der Waals surface area contributed by atoms with Gasteiger partial charge in [-0.3, -0.25) is 0 Å². The van der Waals surface area contributed by atoms with Crippen molar-refractivity contribution in [3.8, 4) is 0 Å². The van der Waals surface area contributed by atoms with Gasteiger partial charge in [-0.05, 0) is 12.8 Å². The fourth-order valence-corrected chi connectivity index (χ4v) is 3.58. The first-order chi connectivity index (χ1) is 12.8. The molecule has 2 heteroatoms. The predicted octanol–water partition coefficient (Wildman–Crippen LogP) is 7.85. The Morgan fingerprint density at radius 2 is 1.08 bits per heavy atom. The Labute approximate surface area is 165 Å². The van der Waals surface area contributed by atoms with Gasteiger partial charge in [0.15, 0.2) is 0 Å². The van der Waals surface area contributed by atoms with E-state index < -0.39 is 0 Å². The van der Waals surface area contributed by atoms with Crippen LogP contribution in [0.5, 0.6) is 0 Å². The lowest BCUT2D eigenvalue weighted by atomic mass is 10.0. The van der Waals surface area contributed by atoms with Gasteiger partial charge in [0.25, 0.3) is 0 Å². The molecule has 2 atom stereocenters. The van der Waals surface area contributed by atoms with Crippen LogP contribution in [0.3, 0.4) is 0 Å². The largest absolute Gasteiger partial charge is 0.378 e. The molecule has 0 heterocycles. The molecule has 0 bridgehead atoms. The summed E-state index contributed by atoms with van der Waals surface area (Å²) in [6.45, 7) is 4.44. The molecule has 0 saturated carbocycles. The summed E-state index contributed by atoms with van der Waals surface area (Å²) < 4.78 is 11.2. The molecule has 0 aliphatic heterocycles. The van der Waals surface area contributed by atoms with Gasteiger partial charge in [-0.2, -0.15) is 0 Å². The van der Waals surface area contributed by atoms with E-state index in [2.05, 4.69) is 26.0 Å². The summed E-state index contributed by atoms with van der Waals surface area (Å²) in [6, 6.07) is 0. The zero-order chi connectivity index (χ0) is 19.3. The molecule has 0 radical (unpaired) electrons. The molecule has 0 saturated heterocycles. The second-order valence-electron chi connectivity index (χ2n) is 7.70. The van der Waals surface area contributed by atoms with Gasteiger partial charge in [-0.25, -0.2) is 0 Å². The molecule has 2 nitrogen and oxygen atoms in total. The number of allylic oxidation sites excluding steroid dienone is 1. The normalized spacial score (nSPS) is 14.2. The maximum Gasteiger partial charge on any atom is 0.101 e. The molecular formula is C24H48O2. The van der Waals surface area contributed by atoms with E-state index in [0.29, 0.717) is 0 Å². The van der Waals surface area contributed by atoms with E-state index in [1.165, 1.54) is 89.9 Å². The van der Waals surface area contributed by atoms with Crippen molar-refractivity contribution in [2.45, 2.75) is 129 Å². The van der Waals surface area contributed by atoms with E-state index in [0.717, 1.165) is 12.8 Å². The maximum atomic E-state index is 5.64. The van der Waals surface area contributed by atoms with Crippen LogP contribution in [0.25, 0.3) is 0 Å². The van der Waals surface area contributed by atoms with E-state index in [1.54, 1.807) is 14.2 Å². The van der Waals surface area contributed by atoms with E-state index >= 15 is 0 Å². The van der Waals surface area contributed by atoms with Crippen LogP contribution in [0.2, 0.25) is 0 Å². The molecular weight excluding hydrogens is 320 g/mol. The van der Waals surface area contributed by atoms with Crippen LogP contribution in [0.4, 0.5) is 0 Å². The summed E-state index contributed by atoms with van der Waals surface area (Å²) in [5, 5.41) is 0. The van der Waals surface area contributed by atoms with Gasteiger partial charge >= 0.3 is 0 Å². The number of methoxy groups -OCH3 is 2. The van der Waals surface area contributed by atoms with Crippen LogP contribution in [0.15, 0.2) is 12.2 Å². The molecule has 156 valence electrons. The summed E-state index contributed by atoms with van der Waals surface area (Å²) in [5.41, 5.74) is 0. The van der Waals surface area contributed by atoms with E-state index in [-0.39, 0.29) is 12.2 Å². The first-order valence-electron chi connectivity index (χ1n) is 11.5. The highest BCUT2D eigenvalue weighted by atomic mass is 16.5. The van der Waals surface area contributed by atoms with Crippen LogP contribution < -0.4 is 0 Å². The number of hydrogen-bond acceptors (Lipinski definition) is 2.